The summed E-state index contributed by atoms with van der Waals surface area (Å²) in [6, 6.07) is 20.9. The molecule has 0 unspecified atom stereocenters. The molecule has 3 aromatic carbocycles. The minimum Gasteiger partial charge on any atom is -0.489 e. The van der Waals surface area contributed by atoms with Crippen molar-refractivity contribution in [3.63, 3.8) is 0 Å². The SMILES string of the molecule is CC(=NNC(=O)c1ccc(COc2ccc(C)cc2)cc1)c1ccc([N+](=O)[O-])cc1. The number of rotatable bonds is 7. The van der Waals surface area contributed by atoms with Crippen LogP contribution in [0.2, 0.25) is 0 Å². The van der Waals surface area contributed by atoms with Gasteiger partial charge < -0.3 is 4.74 Å². The number of hydrogen-bond donors (Lipinski definition) is 1. The standard InChI is InChI=1S/C23H21N3O4/c1-16-3-13-22(14-4-16)30-15-18-5-7-20(8-6-18)23(27)25-24-17(2)19-9-11-21(12-10-19)26(28)29/h3-14H,15H2,1-2H3,(H,25,27). The zero-order valence-electron chi connectivity index (χ0n) is 16.7. The van der Waals surface area contributed by atoms with E-state index in [-0.39, 0.29) is 11.6 Å². The van der Waals surface area contributed by atoms with E-state index >= 15 is 0 Å². The number of ether oxygens (including phenoxy) is 1. The number of aryl methyl sites for hydroxylation is 1. The van der Waals surface area contributed by atoms with Gasteiger partial charge in [0.1, 0.15) is 12.4 Å². The second kappa shape index (κ2) is 9.47. The largest absolute Gasteiger partial charge is 0.489 e. The number of carbonyl (C=O) groups is 1. The Kier molecular flexibility index (Phi) is 6.54. The highest BCUT2D eigenvalue weighted by atomic mass is 16.6. The lowest BCUT2D eigenvalue weighted by atomic mass is 10.1. The molecule has 0 aliphatic carbocycles. The number of nitro benzene ring substituents is 1. The lowest BCUT2D eigenvalue weighted by Crippen LogP contribution is -2.19. The second-order valence-corrected chi connectivity index (χ2v) is 6.74. The summed E-state index contributed by atoms with van der Waals surface area (Å²) in [5, 5.41) is 14.8. The third kappa shape index (κ3) is 5.51. The Morgan fingerprint density at radius 1 is 0.967 bits per heavy atom. The van der Waals surface area contributed by atoms with Gasteiger partial charge in [0.25, 0.3) is 11.6 Å². The third-order valence-corrected chi connectivity index (χ3v) is 4.46. The summed E-state index contributed by atoms with van der Waals surface area (Å²) < 4.78 is 5.73. The van der Waals surface area contributed by atoms with E-state index in [4.69, 9.17) is 4.74 Å². The molecule has 0 aromatic heterocycles. The molecule has 0 atom stereocenters. The van der Waals surface area contributed by atoms with Crippen LogP contribution in [0.25, 0.3) is 0 Å². The van der Waals surface area contributed by atoms with Crippen molar-refractivity contribution in [2.75, 3.05) is 0 Å². The average Bonchev–Trinajstić information content (AvgIpc) is 2.77. The Morgan fingerprint density at radius 3 is 2.17 bits per heavy atom. The van der Waals surface area contributed by atoms with E-state index in [2.05, 4.69) is 10.5 Å². The molecule has 3 aromatic rings. The fourth-order valence-electron chi connectivity index (χ4n) is 2.64. The first-order valence-corrected chi connectivity index (χ1v) is 9.30. The monoisotopic (exact) mass is 403 g/mol. The Balaban J connectivity index is 1.56. The molecule has 3 rings (SSSR count). The fourth-order valence-corrected chi connectivity index (χ4v) is 2.64. The van der Waals surface area contributed by atoms with Crippen molar-refractivity contribution < 1.29 is 14.5 Å². The van der Waals surface area contributed by atoms with Crippen LogP contribution >= 0.6 is 0 Å². The number of hydrogen-bond acceptors (Lipinski definition) is 5. The van der Waals surface area contributed by atoms with Crippen LogP contribution in [0.4, 0.5) is 5.69 Å². The maximum Gasteiger partial charge on any atom is 0.271 e. The Bertz CT molecular complexity index is 1060. The summed E-state index contributed by atoms with van der Waals surface area (Å²) >= 11 is 0. The lowest BCUT2D eigenvalue weighted by Gasteiger charge is -2.07. The first kappa shape index (κ1) is 20.7. The van der Waals surface area contributed by atoms with E-state index in [9.17, 15) is 14.9 Å². The molecule has 0 heterocycles. The first-order chi connectivity index (χ1) is 14.4. The Labute approximate surface area is 174 Å². The van der Waals surface area contributed by atoms with Crippen molar-refractivity contribution in [2.24, 2.45) is 5.10 Å². The predicted molar refractivity (Wildman–Crippen MR) is 115 cm³/mol. The van der Waals surface area contributed by atoms with Gasteiger partial charge in [-0.3, -0.25) is 14.9 Å². The lowest BCUT2D eigenvalue weighted by molar-refractivity contribution is -0.384. The van der Waals surface area contributed by atoms with Crippen LogP contribution in [0.15, 0.2) is 77.9 Å². The molecule has 7 nitrogen and oxygen atoms in total. The van der Waals surface area contributed by atoms with Crippen LogP contribution in [-0.4, -0.2) is 16.5 Å². The molecular formula is C23H21N3O4. The van der Waals surface area contributed by atoms with Crippen LogP contribution in [0, 0.1) is 17.0 Å². The molecule has 0 spiro atoms. The van der Waals surface area contributed by atoms with Crippen molar-refractivity contribution >= 4 is 17.3 Å². The van der Waals surface area contributed by atoms with Crippen molar-refractivity contribution in [3.05, 3.63) is 105 Å². The smallest absolute Gasteiger partial charge is 0.271 e. The van der Waals surface area contributed by atoms with Gasteiger partial charge in [0.15, 0.2) is 0 Å². The van der Waals surface area contributed by atoms with Crippen molar-refractivity contribution in [3.8, 4) is 5.75 Å². The molecule has 152 valence electrons. The van der Waals surface area contributed by atoms with Crippen LogP contribution in [0.1, 0.15) is 34.0 Å². The summed E-state index contributed by atoms with van der Waals surface area (Å²) in [6.07, 6.45) is 0. The molecular weight excluding hydrogens is 382 g/mol. The summed E-state index contributed by atoms with van der Waals surface area (Å²) in [5.74, 6) is 0.445. The van der Waals surface area contributed by atoms with Crippen LogP contribution in [-0.2, 0) is 6.61 Å². The third-order valence-electron chi connectivity index (χ3n) is 4.46. The number of hydrazone groups is 1. The summed E-state index contributed by atoms with van der Waals surface area (Å²) in [6.45, 7) is 4.14. The quantitative estimate of drug-likeness (QED) is 0.353. The molecule has 0 bridgehead atoms. The molecule has 0 aliphatic rings. The van der Waals surface area contributed by atoms with E-state index in [1.165, 1.54) is 17.7 Å². The van der Waals surface area contributed by atoms with E-state index in [1.807, 2.05) is 43.3 Å². The van der Waals surface area contributed by atoms with Gasteiger partial charge in [0.05, 0.1) is 10.6 Å². The van der Waals surface area contributed by atoms with E-state index in [0.29, 0.717) is 23.4 Å². The number of nitrogens with zero attached hydrogens (tertiary/aromatic N) is 2. The maximum absolute atomic E-state index is 12.3. The van der Waals surface area contributed by atoms with Gasteiger partial charge in [-0.15, -0.1) is 0 Å². The van der Waals surface area contributed by atoms with Crippen molar-refractivity contribution in [1.82, 2.24) is 5.43 Å². The van der Waals surface area contributed by atoms with E-state index < -0.39 is 4.92 Å². The second-order valence-electron chi connectivity index (χ2n) is 6.74. The van der Waals surface area contributed by atoms with E-state index in [0.717, 1.165) is 11.3 Å². The number of benzene rings is 3. The molecule has 0 fully saturated rings. The number of nitrogens with one attached hydrogen (secondary N) is 1. The fraction of sp³-hybridized carbons (Fsp3) is 0.130. The molecule has 30 heavy (non-hydrogen) atoms. The van der Waals surface area contributed by atoms with Gasteiger partial charge in [-0.1, -0.05) is 29.8 Å². The van der Waals surface area contributed by atoms with Gasteiger partial charge in [0, 0.05) is 17.7 Å². The molecule has 0 saturated carbocycles. The molecule has 0 aliphatic heterocycles. The van der Waals surface area contributed by atoms with Crippen LogP contribution < -0.4 is 10.2 Å². The van der Waals surface area contributed by atoms with Crippen LogP contribution in [0.5, 0.6) is 5.75 Å². The molecule has 1 N–H and O–H groups in total. The van der Waals surface area contributed by atoms with Crippen molar-refractivity contribution in [1.29, 1.82) is 0 Å². The number of amides is 1. The minimum atomic E-state index is -0.465. The van der Waals surface area contributed by atoms with E-state index in [1.54, 1.807) is 31.2 Å². The maximum atomic E-state index is 12.3. The summed E-state index contributed by atoms with van der Waals surface area (Å²) in [7, 11) is 0. The number of non-ortho nitro benzene ring substituents is 1. The number of nitro groups is 1. The predicted octanol–water partition coefficient (Wildman–Crippen LogP) is 4.64. The summed E-state index contributed by atoms with van der Waals surface area (Å²) in [5.41, 5.74) is 6.31. The number of carbonyl (C=O) groups excluding carboxylic acids is 1. The Morgan fingerprint density at radius 2 is 1.57 bits per heavy atom. The molecule has 1 amide bonds. The average molecular weight is 403 g/mol. The first-order valence-electron chi connectivity index (χ1n) is 9.30. The van der Waals surface area contributed by atoms with Crippen LogP contribution in [0.3, 0.4) is 0 Å². The normalized spacial score (nSPS) is 11.1. The van der Waals surface area contributed by atoms with Gasteiger partial charge in [-0.25, -0.2) is 5.43 Å². The van der Waals surface area contributed by atoms with Gasteiger partial charge >= 0.3 is 0 Å². The van der Waals surface area contributed by atoms with Crippen molar-refractivity contribution in [2.45, 2.75) is 20.5 Å². The van der Waals surface area contributed by atoms with Gasteiger partial charge in [-0.2, -0.15) is 5.10 Å². The minimum absolute atomic E-state index is 0.00188. The molecule has 0 saturated heterocycles. The highest BCUT2D eigenvalue weighted by Crippen LogP contribution is 2.15. The highest BCUT2D eigenvalue weighted by Gasteiger charge is 2.08. The van der Waals surface area contributed by atoms with Gasteiger partial charge in [-0.05, 0) is 61.4 Å². The topological polar surface area (TPSA) is 93.8 Å². The molecule has 0 radical (unpaired) electrons. The molecule has 7 heteroatoms. The van der Waals surface area contributed by atoms with Gasteiger partial charge in [0.2, 0.25) is 0 Å². The zero-order chi connectivity index (χ0) is 21.5. The zero-order valence-corrected chi connectivity index (χ0v) is 16.7. The highest BCUT2D eigenvalue weighted by molar-refractivity contribution is 6.01. The Hall–Kier alpha value is -4.00. The summed E-state index contributed by atoms with van der Waals surface area (Å²) in [4.78, 5) is 22.6.